The van der Waals surface area contributed by atoms with Crippen LogP contribution >= 0.6 is 0 Å². The van der Waals surface area contributed by atoms with Crippen LogP contribution in [0.25, 0.3) is 21.5 Å². The van der Waals surface area contributed by atoms with Crippen molar-refractivity contribution >= 4 is 21.5 Å². The molecule has 3 aromatic carbocycles. The van der Waals surface area contributed by atoms with Crippen molar-refractivity contribution in [2.75, 3.05) is 0 Å². The number of hydrogen-bond donors (Lipinski definition) is 0. The molecule has 0 heterocycles. The summed E-state index contributed by atoms with van der Waals surface area (Å²) in [6.07, 6.45) is 2.56. The lowest BCUT2D eigenvalue weighted by atomic mass is 10.00. The first-order valence-corrected chi connectivity index (χ1v) is 6.65. The largest absolute Gasteiger partial charge is 0.198 e. The third kappa shape index (κ3) is 2.44. The number of nitrogens with zero attached hydrogens (tertiary/aromatic N) is 1. The van der Waals surface area contributed by atoms with Crippen molar-refractivity contribution in [3.63, 3.8) is 0 Å². The fraction of sp³-hybridized carbons (Fsp3) is 0.167. The third-order valence-corrected chi connectivity index (χ3v) is 3.52. The molecule has 3 aromatic rings. The summed E-state index contributed by atoms with van der Waals surface area (Å²) >= 11 is 0. The molecule has 0 aromatic heterocycles. The topological polar surface area (TPSA) is 23.8 Å². The van der Waals surface area contributed by atoms with Crippen LogP contribution in [0.3, 0.4) is 0 Å². The van der Waals surface area contributed by atoms with Crippen LogP contribution in [0.2, 0.25) is 0 Å². The summed E-state index contributed by atoms with van der Waals surface area (Å²) in [6, 6.07) is 21.7. The standard InChI is InChI=1S/C18H15N/c19-10-4-3-5-14-8-9-17-12-15-6-1-2-7-16(15)13-18(17)11-14/h1-2,6-9,11-13H,3-5H2. The van der Waals surface area contributed by atoms with Gasteiger partial charge in [0.15, 0.2) is 0 Å². The second-order valence-electron chi connectivity index (χ2n) is 4.89. The smallest absolute Gasteiger partial charge is 0.0621 e. The Morgan fingerprint density at radius 3 is 2.21 bits per heavy atom. The first-order chi connectivity index (χ1) is 9.36. The van der Waals surface area contributed by atoms with E-state index in [0.717, 1.165) is 12.8 Å². The van der Waals surface area contributed by atoms with Gasteiger partial charge in [0.2, 0.25) is 0 Å². The molecule has 0 bridgehead atoms. The third-order valence-electron chi connectivity index (χ3n) is 3.52. The second kappa shape index (κ2) is 5.12. The summed E-state index contributed by atoms with van der Waals surface area (Å²) in [5.41, 5.74) is 1.32. The van der Waals surface area contributed by atoms with Crippen LogP contribution in [0.15, 0.2) is 54.6 Å². The van der Waals surface area contributed by atoms with Crippen molar-refractivity contribution in [3.8, 4) is 6.07 Å². The molecule has 0 aliphatic carbocycles. The molecule has 1 heteroatoms. The number of rotatable bonds is 3. The molecule has 0 radical (unpaired) electrons. The van der Waals surface area contributed by atoms with Crippen LogP contribution in [-0.4, -0.2) is 0 Å². The lowest BCUT2D eigenvalue weighted by Gasteiger charge is -2.05. The molecule has 0 atom stereocenters. The molecule has 0 N–H and O–H groups in total. The molecule has 92 valence electrons. The van der Waals surface area contributed by atoms with Crippen LogP contribution in [0.4, 0.5) is 0 Å². The Balaban J connectivity index is 2.02. The maximum Gasteiger partial charge on any atom is 0.0621 e. The van der Waals surface area contributed by atoms with E-state index in [4.69, 9.17) is 5.26 Å². The van der Waals surface area contributed by atoms with E-state index in [1.54, 1.807) is 0 Å². The fourth-order valence-electron chi connectivity index (χ4n) is 2.52. The Hall–Kier alpha value is -2.33. The molecular formula is C18H15N. The molecule has 0 unspecified atom stereocenters. The second-order valence-corrected chi connectivity index (χ2v) is 4.89. The van der Waals surface area contributed by atoms with E-state index in [9.17, 15) is 0 Å². The Morgan fingerprint density at radius 1 is 0.789 bits per heavy atom. The molecular weight excluding hydrogens is 230 g/mol. The summed E-state index contributed by atoms with van der Waals surface area (Å²) in [6.45, 7) is 0. The number of unbranched alkanes of at least 4 members (excludes halogenated alkanes) is 1. The average Bonchev–Trinajstić information content (AvgIpc) is 2.45. The summed E-state index contributed by atoms with van der Waals surface area (Å²) in [5.74, 6) is 0. The van der Waals surface area contributed by atoms with Gasteiger partial charge < -0.3 is 0 Å². The van der Waals surface area contributed by atoms with E-state index in [-0.39, 0.29) is 0 Å². The van der Waals surface area contributed by atoms with Crippen LogP contribution < -0.4 is 0 Å². The normalized spacial score (nSPS) is 10.7. The van der Waals surface area contributed by atoms with Crippen LogP contribution in [0, 0.1) is 11.3 Å². The monoisotopic (exact) mass is 245 g/mol. The van der Waals surface area contributed by atoms with Gasteiger partial charge in [0.05, 0.1) is 6.07 Å². The maximum atomic E-state index is 8.58. The SMILES string of the molecule is N#CCCCc1ccc2cc3ccccc3cc2c1. The number of aryl methyl sites for hydroxylation is 1. The van der Waals surface area contributed by atoms with Crippen molar-refractivity contribution in [1.29, 1.82) is 5.26 Å². The van der Waals surface area contributed by atoms with Gasteiger partial charge in [0, 0.05) is 6.42 Å². The molecule has 0 aliphatic rings. The van der Waals surface area contributed by atoms with Crippen molar-refractivity contribution in [2.24, 2.45) is 0 Å². The summed E-state index contributed by atoms with van der Waals surface area (Å²) in [5, 5.41) is 13.7. The van der Waals surface area contributed by atoms with Gasteiger partial charge in [-0.25, -0.2) is 0 Å². The lowest BCUT2D eigenvalue weighted by molar-refractivity contribution is 0.852. The lowest BCUT2D eigenvalue weighted by Crippen LogP contribution is -1.85. The van der Waals surface area contributed by atoms with E-state index >= 15 is 0 Å². The Labute approximate surface area is 113 Å². The van der Waals surface area contributed by atoms with Gasteiger partial charge in [-0.15, -0.1) is 0 Å². The van der Waals surface area contributed by atoms with E-state index in [2.05, 4.69) is 60.7 Å². The van der Waals surface area contributed by atoms with Crippen LogP contribution in [0.1, 0.15) is 18.4 Å². The van der Waals surface area contributed by atoms with Crippen molar-refractivity contribution in [1.82, 2.24) is 0 Å². The quantitative estimate of drug-likeness (QED) is 0.478. The van der Waals surface area contributed by atoms with Crippen LogP contribution in [0.5, 0.6) is 0 Å². The molecule has 0 amide bonds. The highest BCUT2D eigenvalue weighted by atomic mass is 14.2. The first-order valence-electron chi connectivity index (χ1n) is 6.65. The first kappa shape index (κ1) is 11.7. The van der Waals surface area contributed by atoms with Gasteiger partial charge in [-0.3, -0.25) is 0 Å². The highest BCUT2D eigenvalue weighted by Gasteiger charge is 2.00. The van der Waals surface area contributed by atoms with Crippen molar-refractivity contribution in [3.05, 3.63) is 60.2 Å². The fourth-order valence-corrected chi connectivity index (χ4v) is 2.52. The predicted octanol–water partition coefficient (Wildman–Crippen LogP) is 4.84. The average molecular weight is 245 g/mol. The number of nitriles is 1. The summed E-state index contributed by atoms with van der Waals surface area (Å²) in [4.78, 5) is 0. The Kier molecular flexibility index (Phi) is 3.16. The predicted molar refractivity (Wildman–Crippen MR) is 80.0 cm³/mol. The zero-order valence-electron chi connectivity index (χ0n) is 10.8. The molecule has 0 fully saturated rings. The highest BCUT2D eigenvalue weighted by molar-refractivity contribution is 5.98. The van der Waals surface area contributed by atoms with Crippen LogP contribution in [-0.2, 0) is 6.42 Å². The van der Waals surface area contributed by atoms with Crippen molar-refractivity contribution < 1.29 is 0 Å². The van der Waals surface area contributed by atoms with E-state index in [0.29, 0.717) is 6.42 Å². The molecule has 19 heavy (non-hydrogen) atoms. The van der Waals surface area contributed by atoms with Gasteiger partial charge >= 0.3 is 0 Å². The van der Waals surface area contributed by atoms with E-state index in [1.807, 2.05) is 0 Å². The number of hydrogen-bond acceptors (Lipinski definition) is 1. The zero-order valence-corrected chi connectivity index (χ0v) is 10.8. The number of fused-ring (bicyclic) bond motifs is 2. The molecule has 3 rings (SSSR count). The Bertz CT molecular complexity index is 765. The summed E-state index contributed by atoms with van der Waals surface area (Å²) in [7, 11) is 0. The van der Waals surface area contributed by atoms with Gasteiger partial charge in [-0.2, -0.15) is 5.26 Å². The minimum atomic E-state index is 0.635. The number of benzene rings is 3. The molecule has 0 saturated carbocycles. The van der Waals surface area contributed by atoms with E-state index in [1.165, 1.54) is 27.1 Å². The van der Waals surface area contributed by atoms with Gasteiger partial charge in [-0.05, 0) is 52.1 Å². The minimum absolute atomic E-state index is 0.635. The highest BCUT2D eigenvalue weighted by Crippen LogP contribution is 2.24. The molecule has 0 saturated heterocycles. The zero-order chi connectivity index (χ0) is 13.1. The summed E-state index contributed by atoms with van der Waals surface area (Å²) < 4.78 is 0. The van der Waals surface area contributed by atoms with Gasteiger partial charge in [-0.1, -0.05) is 42.5 Å². The minimum Gasteiger partial charge on any atom is -0.198 e. The van der Waals surface area contributed by atoms with Gasteiger partial charge in [0.25, 0.3) is 0 Å². The molecule has 0 aliphatic heterocycles. The Morgan fingerprint density at radius 2 is 1.47 bits per heavy atom. The molecule has 1 nitrogen and oxygen atoms in total. The maximum absolute atomic E-state index is 8.58. The van der Waals surface area contributed by atoms with Crippen molar-refractivity contribution in [2.45, 2.75) is 19.3 Å². The van der Waals surface area contributed by atoms with Gasteiger partial charge in [0.1, 0.15) is 0 Å². The van der Waals surface area contributed by atoms with E-state index < -0.39 is 0 Å². The molecule has 0 spiro atoms.